The highest BCUT2D eigenvalue weighted by atomic mass is 16.5. The standard InChI is InChI=1S/C15H16O2/c1-10-9-13(16)5-6-14(10)12-4-7-15(17-3)11(2)8-12/h4-9,16H,1-3H3. The minimum Gasteiger partial charge on any atom is -0.508 e. The zero-order valence-corrected chi connectivity index (χ0v) is 10.3. The maximum atomic E-state index is 9.40. The van der Waals surface area contributed by atoms with Crippen LogP contribution in [0.4, 0.5) is 0 Å². The lowest BCUT2D eigenvalue weighted by molar-refractivity contribution is 0.412. The summed E-state index contributed by atoms with van der Waals surface area (Å²) < 4.78 is 5.25. The Hall–Kier alpha value is -1.96. The van der Waals surface area contributed by atoms with Crippen molar-refractivity contribution in [3.8, 4) is 22.6 Å². The highest BCUT2D eigenvalue weighted by Crippen LogP contribution is 2.29. The van der Waals surface area contributed by atoms with Crippen LogP contribution < -0.4 is 4.74 Å². The summed E-state index contributed by atoms with van der Waals surface area (Å²) in [5.41, 5.74) is 4.45. The molecule has 2 aromatic carbocycles. The summed E-state index contributed by atoms with van der Waals surface area (Å²) in [6.07, 6.45) is 0. The number of phenolic OH excluding ortho intramolecular Hbond substituents is 1. The Morgan fingerprint density at radius 3 is 2.29 bits per heavy atom. The Kier molecular flexibility index (Phi) is 3.05. The van der Waals surface area contributed by atoms with Gasteiger partial charge in [-0.15, -0.1) is 0 Å². The number of phenols is 1. The normalized spacial score (nSPS) is 10.3. The molecular weight excluding hydrogens is 212 g/mol. The molecule has 2 aromatic rings. The van der Waals surface area contributed by atoms with Crippen molar-refractivity contribution in [2.75, 3.05) is 7.11 Å². The van der Waals surface area contributed by atoms with Crippen LogP contribution in [0, 0.1) is 13.8 Å². The van der Waals surface area contributed by atoms with Gasteiger partial charge in [0.2, 0.25) is 0 Å². The van der Waals surface area contributed by atoms with E-state index in [4.69, 9.17) is 4.74 Å². The van der Waals surface area contributed by atoms with Crippen LogP contribution in [0.15, 0.2) is 36.4 Å². The van der Waals surface area contributed by atoms with Gasteiger partial charge in [0.15, 0.2) is 0 Å². The largest absolute Gasteiger partial charge is 0.508 e. The first-order valence-corrected chi connectivity index (χ1v) is 5.56. The van der Waals surface area contributed by atoms with Crippen molar-refractivity contribution in [3.05, 3.63) is 47.5 Å². The second kappa shape index (κ2) is 4.50. The van der Waals surface area contributed by atoms with Crippen LogP contribution in [0.5, 0.6) is 11.5 Å². The lowest BCUT2D eigenvalue weighted by Crippen LogP contribution is -1.89. The molecule has 0 atom stereocenters. The van der Waals surface area contributed by atoms with Crippen molar-refractivity contribution in [1.82, 2.24) is 0 Å². The zero-order chi connectivity index (χ0) is 12.4. The smallest absolute Gasteiger partial charge is 0.121 e. The van der Waals surface area contributed by atoms with Gasteiger partial charge in [-0.3, -0.25) is 0 Å². The van der Waals surface area contributed by atoms with Crippen LogP contribution in [0.1, 0.15) is 11.1 Å². The molecule has 0 aliphatic carbocycles. The summed E-state index contributed by atoms with van der Waals surface area (Å²) in [4.78, 5) is 0. The zero-order valence-electron chi connectivity index (χ0n) is 10.3. The van der Waals surface area contributed by atoms with Crippen molar-refractivity contribution in [3.63, 3.8) is 0 Å². The molecule has 0 saturated heterocycles. The lowest BCUT2D eigenvalue weighted by atomic mass is 9.98. The first kappa shape index (κ1) is 11.5. The molecule has 0 aliphatic rings. The van der Waals surface area contributed by atoms with Crippen molar-refractivity contribution < 1.29 is 9.84 Å². The number of aryl methyl sites for hydroxylation is 2. The van der Waals surface area contributed by atoms with E-state index in [1.807, 2.05) is 32.0 Å². The van der Waals surface area contributed by atoms with E-state index in [-0.39, 0.29) is 0 Å². The van der Waals surface area contributed by atoms with Gasteiger partial charge in [0, 0.05) is 0 Å². The molecule has 0 aromatic heterocycles. The van der Waals surface area contributed by atoms with E-state index in [0.717, 1.165) is 28.0 Å². The predicted molar refractivity (Wildman–Crippen MR) is 69.6 cm³/mol. The Morgan fingerprint density at radius 2 is 1.71 bits per heavy atom. The Morgan fingerprint density at radius 1 is 0.941 bits per heavy atom. The molecule has 0 fully saturated rings. The summed E-state index contributed by atoms with van der Waals surface area (Å²) in [5.74, 6) is 1.20. The lowest BCUT2D eigenvalue weighted by Gasteiger charge is -2.10. The number of hydrogen-bond donors (Lipinski definition) is 1. The number of rotatable bonds is 2. The van der Waals surface area contributed by atoms with Crippen molar-refractivity contribution >= 4 is 0 Å². The average Bonchev–Trinajstić information content (AvgIpc) is 2.29. The minimum absolute atomic E-state index is 0.302. The minimum atomic E-state index is 0.302. The molecule has 0 aliphatic heterocycles. The number of hydrogen-bond acceptors (Lipinski definition) is 2. The van der Waals surface area contributed by atoms with Crippen LogP contribution in [-0.4, -0.2) is 12.2 Å². The number of methoxy groups -OCH3 is 1. The SMILES string of the molecule is COc1ccc(-c2ccc(O)cc2C)cc1C. The molecule has 2 rings (SSSR count). The second-order valence-corrected chi connectivity index (χ2v) is 4.18. The van der Waals surface area contributed by atoms with Gasteiger partial charge in [0.05, 0.1) is 7.11 Å². The summed E-state index contributed by atoms with van der Waals surface area (Å²) in [6, 6.07) is 11.5. The fraction of sp³-hybridized carbons (Fsp3) is 0.200. The molecule has 0 heterocycles. The molecule has 0 unspecified atom stereocenters. The van der Waals surface area contributed by atoms with E-state index in [1.165, 1.54) is 0 Å². The number of ether oxygens (including phenoxy) is 1. The van der Waals surface area contributed by atoms with E-state index in [9.17, 15) is 5.11 Å². The van der Waals surface area contributed by atoms with Gasteiger partial charge in [0.1, 0.15) is 11.5 Å². The molecule has 0 saturated carbocycles. The predicted octanol–water partition coefficient (Wildman–Crippen LogP) is 3.68. The fourth-order valence-electron chi connectivity index (χ4n) is 2.02. The van der Waals surface area contributed by atoms with Gasteiger partial charge >= 0.3 is 0 Å². The molecule has 1 N–H and O–H groups in total. The van der Waals surface area contributed by atoms with Gasteiger partial charge < -0.3 is 9.84 Å². The number of benzene rings is 2. The van der Waals surface area contributed by atoms with E-state index in [2.05, 4.69) is 6.07 Å². The maximum Gasteiger partial charge on any atom is 0.121 e. The first-order chi connectivity index (χ1) is 8.11. The first-order valence-electron chi connectivity index (χ1n) is 5.56. The van der Waals surface area contributed by atoms with Crippen molar-refractivity contribution in [2.45, 2.75) is 13.8 Å². The molecular formula is C15H16O2. The van der Waals surface area contributed by atoms with Crippen LogP contribution in [0.2, 0.25) is 0 Å². The van der Waals surface area contributed by atoms with E-state index < -0.39 is 0 Å². The molecule has 88 valence electrons. The topological polar surface area (TPSA) is 29.5 Å². The van der Waals surface area contributed by atoms with E-state index in [0.29, 0.717) is 5.75 Å². The highest BCUT2D eigenvalue weighted by Gasteiger charge is 2.05. The maximum absolute atomic E-state index is 9.40. The van der Waals surface area contributed by atoms with Gasteiger partial charge in [-0.25, -0.2) is 0 Å². The third-order valence-corrected chi connectivity index (χ3v) is 2.92. The monoisotopic (exact) mass is 228 g/mol. The highest BCUT2D eigenvalue weighted by molar-refractivity contribution is 5.69. The van der Waals surface area contributed by atoms with Crippen LogP contribution in [0.25, 0.3) is 11.1 Å². The molecule has 0 spiro atoms. The molecule has 0 radical (unpaired) electrons. The van der Waals surface area contributed by atoms with Crippen LogP contribution in [0.3, 0.4) is 0 Å². The summed E-state index contributed by atoms with van der Waals surface area (Å²) in [6.45, 7) is 4.02. The second-order valence-electron chi connectivity index (χ2n) is 4.18. The van der Waals surface area contributed by atoms with Gasteiger partial charge in [0.25, 0.3) is 0 Å². The average molecular weight is 228 g/mol. The molecule has 0 amide bonds. The van der Waals surface area contributed by atoms with Gasteiger partial charge in [-0.1, -0.05) is 12.1 Å². The van der Waals surface area contributed by atoms with Crippen molar-refractivity contribution in [1.29, 1.82) is 0 Å². The van der Waals surface area contributed by atoms with Crippen molar-refractivity contribution in [2.24, 2.45) is 0 Å². The Balaban J connectivity index is 2.50. The molecule has 2 nitrogen and oxygen atoms in total. The quantitative estimate of drug-likeness (QED) is 0.849. The Labute approximate surface area is 101 Å². The molecule has 2 heteroatoms. The fourth-order valence-corrected chi connectivity index (χ4v) is 2.02. The third-order valence-electron chi connectivity index (χ3n) is 2.92. The molecule has 17 heavy (non-hydrogen) atoms. The summed E-state index contributed by atoms with van der Waals surface area (Å²) >= 11 is 0. The Bertz CT molecular complexity index is 545. The van der Waals surface area contributed by atoms with E-state index in [1.54, 1.807) is 19.2 Å². The number of aromatic hydroxyl groups is 1. The third kappa shape index (κ3) is 2.26. The van der Waals surface area contributed by atoms with Crippen LogP contribution >= 0.6 is 0 Å². The summed E-state index contributed by atoms with van der Waals surface area (Å²) in [7, 11) is 1.67. The van der Waals surface area contributed by atoms with Crippen LogP contribution in [-0.2, 0) is 0 Å². The van der Waals surface area contributed by atoms with E-state index >= 15 is 0 Å². The molecule has 0 bridgehead atoms. The van der Waals surface area contributed by atoms with Gasteiger partial charge in [-0.05, 0) is 60.4 Å². The summed E-state index contributed by atoms with van der Waals surface area (Å²) in [5, 5.41) is 9.40. The van der Waals surface area contributed by atoms with Gasteiger partial charge in [-0.2, -0.15) is 0 Å².